The smallest absolute Gasteiger partial charge is 0.258 e. The van der Waals surface area contributed by atoms with Crippen molar-refractivity contribution < 1.29 is 4.79 Å². The molecule has 0 saturated carbocycles. The van der Waals surface area contributed by atoms with Crippen molar-refractivity contribution in [2.24, 2.45) is 0 Å². The van der Waals surface area contributed by atoms with Crippen LogP contribution in [0.4, 0.5) is 11.4 Å². The van der Waals surface area contributed by atoms with E-state index in [0.29, 0.717) is 16.9 Å². The van der Waals surface area contributed by atoms with E-state index in [0.717, 1.165) is 14.5 Å². The summed E-state index contributed by atoms with van der Waals surface area (Å²) in [7, 11) is 0. The number of nitrogens with one attached hydrogen (secondary N) is 1. The van der Waals surface area contributed by atoms with Gasteiger partial charge in [-0.2, -0.15) is 0 Å². The van der Waals surface area contributed by atoms with Crippen LogP contribution in [0, 0.1) is 6.92 Å². The molecule has 0 fully saturated rings. The van der Waals surface area contributed by atoms with Crippen molar-refractivity contribution in [3.63, 3.8) is 0 Å². The van der Waals surface area contributed by atoms with E-state index in [4.69, 9.17) is 5.73 Å². The maximum Gasteiger partial charge on any atom is 0.258 e. The molecule has 0 unspecified atom stereocenters. The van der Waals surface area contributed by atoms with E-state index in [2.05, 4.69) is 37.2 Å². The summed E-state index contributed by atoms with van der Waals surface area (Å²) >= 11 is 6.82. The molecule has 3 nitrogen and oxygen atoms in total. The molecule has 0 aliphatic rings. The Bertz CT molecular complexity index is 601. The molecule has 0 bridgehead atoms. The fraction of sp³-hybridized carbons (Fsp3) is 0.0714. The Morgan fingerprint density at radius 2 is 1.68 bits per heavy atom. The second-order valence-corrected chi connectivity index (χ2v) is 5.80. The van der Waals surface area contributed by atoms with E-state index in [1.54, 1.807) is 6.07 Å². The Hall–Kier alpha value is -1.33. The maximum absolute atomic E-state index is 12.3. The topological polar surface area (TPSA) is 55.1 Å². The van der Waals surface area contributed by atoms with E-state index < -0.39 is 0 Å². The number of para-hydroxylation sites is 1. The third kappa shape index (κ3) is 2.98. The van der Waals surface area contributed by atoms with Gasteiger partial charge in [-0.1, -0.05) is 18.2 Å². The van der Waals surface area contributed by atoms with Crippen LogP contribution in [0.1, 0.15) is 15.9 Å². The monoisotopic (exact) mass is 382 g/mol. The van der Waals surface area contributed by atoms with Gasteiger partial charge in [0.2, 0.25) is 0 Å². The molecule has 98 valence electrons. The van der Waals surface area contributed by atoms with Gasteiger partial charge in [-0.25, -0.2) is 0 Å². The molecule has 2 rings (SSSR count). The van der Waals surface area contributed by atoms with Gasteiger partial charge < -0.3 is 11.1 Å². The highest BCUT2D eigenvalue weighted by atomic mass is 79.9. The predicted molar refractivity (Wildman–Crippen MR) is 85.4 cm³/mol. The molecule has 0 aliphatic carbocycles. The molecular weight excluding hydrogens is 372 g/mol. The molecule has 5 heteroatoms. The number of nitrogens with two attached hydrogens (primary N) is 1. The van der Waals surface area contributed by atoms with Crippen molar-refractivity contribution >= 4 is 49.1 Å². The zero-order chi connectivity index (χ0) is 14.0. The second-order valence-electron chi connectivity index (χ2n) is 4.09. The fourth-order valence-corrected chi connectivity index (χ4v) is 2.99. The highest BCUT2D eigenvalue weighted by Gasteiger charge is 2.15. The minimum atomic E-state index is -0.219. The summed E-state index contributed by atoms with van der Waals surface area (Å²) in [5, 5.41) is 2.86. The lowest BCUT2D eigenvalue weighted by Gasteiger charge is -2.12. The Labute approximate surface area is 128 Å². The van der Waals surface area contributed by atoms with Crippen LogP contribution in [0.2, 0.25) is 0 Å². The molecule has 19 heavy (non-hydrogen) atoms. The predicted octanol–water partition coefficient (Wildman–Crippen LogP) is 4.35. The first-order valence-electron chi connectivity index (χ1n) is 5.61. The van der Waals surface area contributed by atoms with E-state index in [9.17, 15) is 4.79 Å². The number of nitrogen functional groups attached to an aromatic ring is 1. The van der Waals surface area contributed by atoms with E-state index >= 15 is 0 Å². The molecule has 3 N–H and O–H groups in total. The van der Waals surface area contributed by atoms with E-state index in [1.165, 1.54) is 0 Å². The molecule has 0 aliphatic heterocycles. The molecule has 1 amide bonds. The summed E-state index contributed by atoms with van der Waals surface area (Å²) in [5.74, 6) is -0.219. The average Bonchev–Trinajstić information content (AvgIpc) is 2.34. The van der Waals surface area contributed by atoms with Crippen LogP contribution in [0.15, 0.2) is 45.3 Å². The number of halogens is 2. The lowest BCUT2D eigenvalue weighted by molar-refractivity contribution is 0.102. The number of hydrogen-bond donors (Lipinski definition) is 2. The maximum atomic E-state index is 12.3. The van der Waals surface area contributed by atoms with Crippen LogP contribution >= 0.6 is 31.9 Å². The highest BCUT2D eigenvalue weighted by molar-refractivity contribution is 9.11. The van der Waals surface area contributed by atoms with Gasteiger partial charge in [-0.15, -0.1) is 0 Å². The van der Waals surface area contributed by atoms with Gasteiger partial charge in [0.25, 0.3) is 5.91 Å². The minimum Gasteiger partial charge on any atom is -0.398 e. The first kappa shape index (κ1) is 14.1. The summed E-state index contributed by atoms with van der Waals surface area (Å²) in [6.07, 6.45) is 0. The molecule has 2 aromatic rings. The molecule has 0 saturated heterocycles. The second kappa shape index (κ2) is 5.75. The Balaban J connectivity index is 2.37. The summed E-state index contributed by atoms with van der Waals surface area (Å²) in [6, 6.07) is 11.0. The molecule has 2 aromatic carbocycles. The number of benzene rings is 2. The quantitative estimate of drug-likeness (QED) is 0.757. The number of rotatable bonds is 2. The lowest BCUT2D eigenvalue weighted by atomic mass is 10.1. The van der Waals surface area contributed by atoms with Gasteiger partial charge in [0.1, 0.15) is 0 Å². The third-order valence-electron chi connectivity index (χ3n) is 2.73. The average molecular weight is 384 g/mol. The van der Waals surface area contributed by atoms with Crippen LogP contribution in [0.5, 0.6) is 0 Å². The Morgan fingerprint density at radius 1 is 1.11 bits per heavy atom. The van der Waals surface area contributed by atoms with Crippen LogP contribution in [0.3, 0.4) is 0 Å². The number of hydrogen-bond acceptors (Lipinski definition) is 2. The summed E-state index contributed by atoms with van der Waals surface area (Å²) in [6.45, 7) is 1.86. The zero-order valence-electron chi connectivity index (χ0n) is 10.2. The lowest BCUT2D eigenvalue weighted by Crippen LogP contribution is -2.16. The van der Waals surface area contributed by atoms with Crippen molar-refractivity contribution in [3.05, 3.63) is 56.5 Å². The number of aryl methyl sites for hydroxylation is 1. The molecule has 0 heterocycles. The minimum absolute atomic E-state index is 0.219. The number of anilines is 2. The summed E-state index contributed by atoms with van der Waals surface area (Å²) in [4.78, 5) is 12.3. The van der Waals surface area contributed by atoms with Gasteiger partial charge in [-0.3, -0.25) is 4.79 Å². The van der Waals surface area contributed by atoms with Crippen molar-refractivity contribution in [3.8, 4) is 0 Å². The molecule has 0 spiro atoms. The van der Waals surface area contributed by atoms with E-state index in [1.807, 2.05) is 37.3 Å². The van der Waals surface area contributed by atoms with Crippen LogP contribution < -0.4 is 11.1 Å². The van der Waals surface area contributed by atoms with Gasteiger partial charge >= 0.3 is 0 Å². The summed E-state index contributed by atoms with van der Waals surface area (Å²) < 4.78 is 1.62. The largest absolute Gasteiger partial charge is 0.398 e. The molecule has 0 aromatic heterocycles. The van der Waals surface area contributed by atoms with E-state index in [-0.39, 0.29) is 5.91 Å². The third-order valence-corrected chi connectivity index (χ3v) is 4.06. The number of amides is 1. The van der Waals surface area contributed by atoms with Gasteiger partial charge in [-0.05, 0) is 62.5 Å². The standard InChI is InChI=1S/C14H12Br2N2O/c1-8-4-2-7-11(17)12(8)14(19)18-13-9(15)5-3-6-10(13)16/h2-7H,17H2,1H3,(H,18,19). The summed E-state index contributed by atoms with van der Waals surface area (Å²) in [5.41, 5.74) is 8.38. The van der Waals surface area contributed by atoms with Crippen LogP contribution in [-0.2, 0) is 0 Å². The molecule has 0 atom stereocenters. The first-order chi connectivity index (χ1) is 9.00. The van der Waals surface area contributed by atoms with Gasteiger partial charge in [0, 0.05) is 14.6 Å². The van der Waals surface area contributed by atoms with Crippen molar-refractivity contribution in [1.82, 2.24) is 0 Å². The SMILES string of the molecule is Cc1cccc(N)c1C(=O)Nc1c(Br)cccc1Br. The Morgan fingerprint density at radius 3 is 2.26 bits per heavy atom. The zero-order valence-corrected chi connectivity index (χ0v) is 13.4. The highest BCUT2D eigenvalue weighted by Crippen LogP contribution is 2.31. The normalized spacial score (nSPS) is 10.3. The Kier molecular flexibility index (Phi) is 4.27. The van der Waals surface area contributed by atoms with Gasteiger partial charge in [0.05, 0.1) is 11.3 Å². The van der Waals surface area contributed by atoms with Crippen LogP contribution in [0.25, 0.3) is 0 Å². The van der Waals surface area contributed by atoms with Crippen molar-refractivity contribution in [2.75, 3.05) is 11.1 Å². The van der Waals surface area contributed by atoms with Crippen LogP contribution in [-0.4, -0.2) is 5.91 Å². The number of carbonyl (C=O) groups excluding carboxylic acids is 1. The first-order valence-corrected chi connectivity index (χ1v) is 7.19. The fourth-order valence-electron chi connectivity index (χ4n) is 1.79. The van der Waals surface area contributed by atoms with Crippen molar-refractivity contribution in [2.45, 2.75) is 6.92 Å². The number of carbonyl (C=O) groups is 1. The van der Waals surface area contributed by atoms with Gasteiger partial charge in [0.15, 0.2) is 0 Å². The molecule has 0 radical (unpaired) electrons. The van der Waals surface area contributed by atoms with Crippen molar-refractivity contribution in [1.29, 1.82) is 0 Å². The molecular formula is C14H12Br2N2O.